The average Bonchev–Trinajstić information content (AvgIpc) is 2.68. The summed E-state index contributed by atoms with van der Waals surface area (Å²) < 4.78 is 70.3. The van der Waals surface area contributed by atoms with Crippen LogP contribution in [-0.2, 0) is 16.5 Å². The molecule has 0 unspecified atom stereocenters. The lowest BCUT2D eigenvalue weighted by Gasteiger charge is -2.23. The van der Waals surface area contributed by atoms with Crippen molar-refractivity contribution in [2.75, 3.05) is 6.61 Å². The van der Waals surface area contributed by atoms with Crippen molar-refractivity contribution in [3.63, 3.8) is 0 Å². The first-order chi connectivity index (χ1) is 9.41. The summed E-state index contributed by atoms with van der Waals surface area (Å²) in [5, 5.41) is 3.30. The first kappa shape index (κ1) is 17.4. The largest absolute Gasteiger partial charge is 0.462 e. The van der Waals surface area contributed by atoms with Crippen LogP contribution in [0.2, 0.25) is 0 Å². The quantitative estimate of drug-likeness (QED) is 0.630. The Morgan fingerprint density at radius 2 is 1.81 bits per heavy atom. The predicted molar refractivity (Wildman–Crippen MR) is 63.1 cm³/mol. The first-order valence-electron chi connectivity index (χ1n) is 6.07. The van der Waals surface area contributed by atoms with Crippen LogP contribution in [-0.4, -0.2) is 22.4 Å². The van der Waals surface area contributed by atoms with E-state index in [-0.39, 0.29) is 6.61 Å². The SMILES string of the molecule is CCOC(=O)c1c(C(F)F)nn(C(C)(C)C)c1C(F)(F)F. The smallest absolute Gasteiger partial charge is 0.433 e. The number of rotatable bonds is 3. The number of alkyl halides is 5. The van der Waals surface area contributed by atoms with Gasteiger partial charge in [-0.3, -0.25) is 4.68 Å². The van der Waals surface area contributed by atoms with E-state index in [4.69, 9.17) is 0 Å². The maximum atomic E-state index is 13.2. The van der Waals surface area contributed by atoms with Gasteiger partial charge in [-0.05, 0) is 27.7 Å². The van der Waals surface area contributed by atoms with Gasteiger partial charge in [-0.15, -0.1) is 0 Å². The molecule has 0 saturated carbocycles. The van der Waals surface area contributed by atoms with E-state index < -0.39 is 41.1 Å². The normalized spacial score (nSPS) is 12.9. The molecule has 0 fully saturated rings. The summed E-state index contributed by atoms with van der Waals surface area (Å²) in [6.45, 7) is 5.21. The van der Waals surface area contributed by atoms with E-state index in [1.165, 1.54) is 27.7 Å². The maximum absolute atomic E-state index is 13.2. The minimum Gasteiger partial charge on any atom is -0.462 e. The Morgan fingerprint density at radius 1 is 1.29 bits per heavy atom. The molecule has 0 amide bonds. The van der Waals surface area contributed by atoms with Gasteiger partial charge < -0.3 is 4.74 Å². The number of hydrogen-bond acceptors (Lipinski definition) is 3. The van der Waals surface area contributed by atoms with Gasteiger partial charge in [-0.1, -0.05) is 0 Å². The molecule has 0 N–H and O–H groups in total. The minimum absolute atomic E-state index is 0.237. The van der Waals surface area contributed by atoms with Gasteiger partial charge in [-0.25, -0.2) is 13.6 Å². The van der Waals surface area contributed by atoms with Crippen LogP contribution in [0.4, 0.5) is 22.0 Å². The van der Waals surface area contributed by atoms with Gasteiger partial charge in [0.15, 0.2) is 5.69 Å². The summed E-state index contributed by atoms with van der Waals surface area (Å²) in [4.78, 5) is 11.7. The summed E-state index contributed by atoms with van der Waals surface area (Å²) in [6, 6.07) is 0. The summed E-state index contributed by atoms with van der Waals surface area (Å²) in [5.41, 5.74) is -5.21. The van der Waals surface area contributed by atoms with Crippen LogP contribution in [0.5, 0.6) is 0 Å². The van der Waals surface area contributed by atoms with Gasteiger partial charge in [-0.2, -0.15) is 18.3 Å². The third-order valence-electron chi connectivity index (χ3n) is 2.50. The molecule has 0 aliphatic heterocycles. The van der Waals surface area contributed by atoms with Crippen molar-refractivity contribution >= 4 is 5.97 Å². The maximum Gasteiger partial charge on any atom is 0.433 e. The van der Waals surface area contributed by atoms with Gasteiger partial charge in [0.25, 0.3) is 6.43 Å². The molecule has 0 aliphatic carbocycles. The van der Waals surface area contributed by atoms with E-state index in [1.54, 1.807) is 0 Å². The molecule has 0 radical (unpaired) electrons. The Hall–Kier alpha value is -1.67. The highest BCUT2D eigenvalue weighted by atomic mass is 19.4. The van der Waals surface area contributed by atoms with Crippen LogP contribution in [0.3, 0.4) is 0 Å². The zero-order valence-electron chi connectivity index (χ0n) is 11.9. The van der Waals surface area contributed by atoms with E-state index in [2.05, 4.69) is 9.84 Å². The van der Waals surface area contributed by atoms with E-state index in [9.17, 15) is 26.7 Å². The molecular formula is C12H15F5N2O2. The third-order valence-corrected chi connectivity index (χ3v) is 2.50. The van der Waals surface area contributed by atoms with Crippen molar-refractivity contribution in [2.24, 2.45) is 0 Å². The number of aromatic nitrogens is 2. The highest BCUT2D eigenvalue weighted by Gasteiger charge is 2.46. The lowest BCUT2D eigenvalue weighted by Crippen LogP contribution is -2.30. The summed E-state index contributed by atoms with van der Waals surface area (Å²) in [7, 11) is 0. The highest BCUT2D eigenvalue weighted by molar-refractivity contribution is 5.92. The van der Waals surface area contributed by atoms with E-state index in [1.807, 2.05) is 0 Å². The second kappa shape index (κ2) is 5.61. The molecule has 1 rings (SSSR count). The second-order valence-electron chi connectivity index (χ2n) is 5.21. The van der Waals surface area contributed by atoms with Crippen LogP contribution < -0.4 is 0 Å². The topological polar surface area (TPSA) is 44.1 Å². The van der Waals surface area contributed by atoms with Crippen molar-refractivity contribution < 1.29 is 31.5 Å². The fraction of sp³-hybridized carbons (Fsp3) is 0.667. The second-order valence-corrected chi connectivity index (χ2v) is 5.21. The minimum atomic E-state index is -5.02. The van der Waals surface area contributed by atoms with Crippen molar-refractivity contribution in [3.05, 3.63) is 17.0 Å². The molecule has 120 valence electrons. The van der Waals surface area contributed by atoms with Crippen molar-refractivity contribution in [3.8, 4) is 0 Å². The number of esters is 1. The standard InChI is InChI=1S/C12H15F5N2O2/c1-5-21-10(20)6-7(9(13)14)18-19(11(2,3)4)8(6)12(15,16)17/h9H,5H2,1-4H3. The fourth-order valence-electron chi connectivity index (χ4n) is 1.74. The molecule has 0 spiro atoms. The summed E-state index contributed by atoms with van der Waals surface area (Å²) in [6.07, 6.45) is -8.34. The molecular weight excluding hydrogens is 299 g/mol. The lowest BCUT2D eigenvalue weighted by molar-refractivity contribution is -0.146. The van der Waals surface area contributed by atoms with Crippen molar-refractivity contribution in [1.82, 2.24) is 9.78 Å². The Labute approximate surface area is 117 Å². The fourth-order valence-corrected chi connectivity index (χ4v) is 1.74. The van der Waals surface area contributed by atoms with E-state index in [0.717, 1.165) is 0 Å². The summed E-state index contributed by atoms with van der Waals surface area (Å²) in [5.74, 6) is -1.46. The Morgan fingerprint density at radius 3 is 2.14 bits per heavy atom. The average molecular weight is 314 g/mol. The van der Waals surface area contributed by atoms with Crippen molar-refractivity contribution in [1.29, 1.82) is 0 Å². The zero-order chi connectivity index (χ0) is 16.6. The molecule has 4 nitrogen and oxygen atoms in total. The molecule has 9 heteroatoms. The summed E-state index contributed by atoms with van der Waals surface area (Å²) >= 11 is 0. The molecule has 21 heavy (non-hydrogen) atoms. The van der Waals surface area contributed by atoms with Gasteiger partial charge in [0, 0.05) is 0 Å². The van der Waals surface area contributed by atoms with Crippen LogP contribution in [0.25, 0.3) is 0 Å². The molecule has 1 heterocycles. The number of carbonyl (C=O) groups excluding carboxylic acids is 1. The number of hydrogen-bond donors (Lipinski definition) is 0. The van der Waals surface area contributed by atoms with Gasteiger partial charge >= 0.3 is 12.1 Å². The van der Waals surface area contributed by atoms with Crippen LogP contribution in [0, 0.1) is 0 Å². The number of halogens is 5. The van der Waals surface area contributed by atoms with Crippen LogP contribution >= 0.6 is 0 Å². The molecule has 0 aromatic carbocycles. The highest BCUT2D eigenvalue weighted by Crippen LogP contribution is 2.39. The Bertz CT molecular complexity index is 529. The first-order valence-corrected chi connectivity index (χ1v) is 6.07. The van der Waals surface area contributed by atoms with E-state index >= 15 is 0 Å². The Balaban J connectivity index is 3.72. The lowest BCUT2D eigenvalue weighted by atomic mass is 10.1. The van der Waals surface area contributed by atoms with Gasteiger partial charge in [0.2, 0.25) is 0 Å². The zero-order valence-corrected chi connectivity index (χ0v) is 11.9. The molecule has 0 saturated heterocycles. The van der Waals surface area contributed by atoms with Gasteiger partial charge in [0.1, 0.15) is 11.3 Å². The van der Waals surface area contributed by atoms with Crippen LogP contribution in [0.15, 0.2) is 0 Å². The molecule has 0 aliphatic rings. The molecule has 0 bridgehead atoms. The molecule has 1 aromatic heterocycles. The molecule has 0 atom stereocenters. The van der Waals surface area contributed by atoms with Crippen LogP contribution in [0.1, 0.15) is 55.9 Å². The van der Waals surface area contributed by atoms with Crippen molar-refractivity contribution in [2.45, 2.75) is 45.8 Å². The third kappa shape index (κ3) is 3.51. The monoisotopic (exact) mass is 314 g/mol. The number of ether oxygens (including phenoxy) is 1. The Kier molecular flexibility index (Phi) is 4.64. The molecule has 1 aromatic rings. The van der Waals surface area contributed by atoms with Gasteiger partial charge in [0.05, 0.1) is 12.1 Å². The predicted octanol–water partition coefficient (Wildman–Crippen LogP) is 3.77. The number of nitrogens with zero attached hydrogens (tertiary/aromatic N) is 2. The van der Waals surface area contributed by atoms with E-state index in [0.29, 0.717) is 4.68 Å². The number of carbonyl (C=O) groups is 1.